The number of hydrogen-bond acceptors (Lipinski definition) is 4. The lowest BCUT2D eigenvalue weighted by Gasteiger charge is -2.27. The van der Waals surface area contributed by atoms with E-state index in [0.29, 0.717) is 44.1 Å². The number of sulfonamides is 1. The van der Waals surface area contributed by atoms with Crippen molar-refractivity contribution in [3.8, 4) is 0 Å². The molecule has 7 heteroatoms. The van der Waals surface area contributed by atoms with Crippen LogP contribution in [0, 0.1) is 6.92 Å². The molecule has 0 spiro atoms. The van der Waals surface area contributed by atoms with Gasteiger partial charge in [0.05, 0.1) is 23.8 Å². The molecule has 2 aromatic carbocycles. The Bertz CT molecular complexity index is 921. The summed E-state index contributed by atoms with van der Waals surface area (Å²) in [5.41, 5.74) is 1.97. The number of morpholine rings is 1. The highest BCUT2D eigenvalue weighted by molar-refractivity contribution is 7.92. The quantitative estimate of drug-likeness (QED) is 0.790. The summed E-state index contributed by atoms with van der Waals surface area (Å²) >= 11 is 0. The van der Waals surface area contributed by atoms with Crippen molar-refractivity contribution in [1.82, 2.24) is 4.90 Å². The van der Waals surface area contributed by atoms with Crippen LogP contribution in [0.5, 0.6) is 0 Å². The summed E-state index contributed by atoms with van der Waals surface area (Å²) in [6.07, 6.45) is 0. The zero-order valence-corrected chi connectivity index (χ0v) is 16.4. The minimum atomic E-state index is -3.77. The largest absolute Gasteiger partial charge is 0.378 e. The van der Waals surface area contributed by atoms with Gasteiger partial charge in [-0.05, 0) is 49.7 Å². The molecule has 1 aliphatic heterocycles. The van der Waals surface area contributed by atoms with Gasteiger partial charge in [-0.1, -0.05) is 18.2 Å². The van der Waals surface area contributed by atoms with E-state index >= 15 is 0 Å². The Labute approximate surface area is 160 Å². The van der Waals surface area contributed by atoms with Crippen molar-refractivity contribution in [3.05, 3.63) is 59.7 Å². The van der Waals surface area contributed by atoms with Gasteiger partial charge in [-0.3, -0.25) is 9.10 Å². The van der Waals surface area contributed by atoms with E-state index < -0.39 is 10.0 Å². The fourth-order valence-corrected chi connectivity index (χ4v) is 4.65. The van der Waals surface area contributed by atoms with Gasteiger partial charge in [0.25, 0.3) is 15.9 Å². The molecule has 1 amide bonds. The number of rotatable bonds is 5. The lowest BCUT2D eigenvalue weighted by atomic mass is 10.2. The Morgan fingerprint density at radius 1 is 1.11 bits per heavy atom. The van der Waals surface area contributed by atoms with Crippen molar-refractivity contribution >= 4 is 21.6 Å². The molecule has 2 aromatic rings. The Hall–Kier alpha value is -2.38. The van der Waals surface area contributed by atoms with Crippen molar-refractivity contribution in [2.75, 3.05) is 37.2 Å². The second kappa shape index (κ2) is 8.10. The van der Waals surface area contributed by atoms with Gasteiger partial charge in [-0.25, -0.2) is 8.42 Å². The Morgan fingerprint density at radius 2 is 1.81 bits per heavy atom. The molecule has 27 heavy (non-hydrogen) atoms. The third-order valence-corrected chi connectivity index (χ3v) is 6.44. The molecule has 0 aromatic heterocycles. The van der Waals surface area contributed by atoms with Gasteiger partial charge in [0.2, 0.25) is 0 Å². The molecule has 0 radical (unpaired) electrons. The highest BCUT2D eigenvalue weighted by atomic mass is 32.2. The maximum Gasteiger partial charge on any atom is 0.264 e. The minimum absolute atomic E-state index is 0.116. The molecule has 0 atom stereocenters. The van der Waals surface area contributed by atoms with Crippen LogP contribution in [0.1, 0.15) is 22.8 Å². The SMILES string of the molecule is CCN(c1cccc(C)c1)S(=O)(=O)c1cccc(C(=O)N2CCOCC2)c1. The number of benzene rings is 2. The van der Waals surface area contributed by atoms with Gasteiger partial charge in [0.1, 0.15) is 0 Å². The summed E-state index contributed by atoms with van der Waals surface area (Å²) in [4.78, 5) is 14.5. The molecule has 3 rings (SSSR count). The average molecular weight is 388 g/mol. The van der Waals surface area contributed by atoms with E-state index in [4.69, 9.17) is 4.74 Å². The van der Waals surface area contributed by atoms with Crippen molar-refractivity contribution in [2.24, 2.45) is 0 Å². The van der Waals surface area contributed by atoms with Gasteiger partial charge >= 0.3 is 0 Å². The van der Waals surface area contributed by atoms with Crippen molar-refractivity contribution < 1.29 is 17.9 Å². The van der Waals surface area contributed by atoms with E-state index in [2.05, 4.69) is 0 Å². The van der Waals surface area contributed by atoms with Gasteiger partial charge in [0, 0.05) is 25.2 Å². The molecule has 1 fully saturated rings. The third-order valence-electron chi connectivity index (χ3n) is 4.54. The summed E-state index contributed by atoms with van der Waals surface area (Å²) < 4.78 is 33.0. The lowest BCUT2D eigenvalue weighted by Crippen LogP contribution is -2.40. The number of carbonyl (C=O) groups is 1. The summed E-state index contributed by atoms with van der Waals surface area (Å²) in [6, 6.07) is 13.6. The molecule has 0 bridgehead atoms. The zero-order chi connectivity index (χ0) is 19.4. The predicted molar refractivity (Wildman–Crippen MR) is 105 cm³/mol. The summed E-state index contributed by atoms with van der Waals surface area (Å²) in [7, 11) is -3.77. The predicted octanol–water partition coefficient (Wildman–Crippen LogP) is 2.68. The van der Waals surface area contributed by atoms with Crippen LogP contribution in [-0.4, -0.2) is 52.1 Å². The normalized spacial score (nSPS) is 14.8. The lowest BCUT2D eigenvalue weighted by molar-refractivity contribution is 0.0302. The third kappa shape index (κ3) is 4.14. The van der Waals surface area contributed by atoms with Crippen LogP contribution in [0.3, 0.4) is 0 Å². The van der Waals surface area contributed by atoms with Crippen LogP contribution in [0.4, 0.5) is 5.69 Å². The highest BCUT2D eigenvalue weighted by Gasteiger charge is 2.26. The average Bonchev–Trinajstić information content (AvgIpc) is 2.68. The molecule has 1 saturated heterocycles. The zero-order valence-electron chi connectivity index (χ0n) is 15.6. The first-order valence-corrected chi connectivity index (χ1v) is 10.4. The van der Waals surface area contributed by atoms with E-state index in [9.17, 15) is 13.2 Å². The first-order valence-electron chi connectivity index (χ1n) is 9.00. The second-order valence-corrected chi connectivity index (χ2v) is 8.30. The molecule has 0 aliphatic carbocycles. The molecular formula is C20H24N2O4S. The number of hydrogen-bond donors (Lipinski definition) is 0. The van der Waals surface area contributed by atoms with Crippen molar-refractivity contribution in [1.29, 1.82) is 0 Å². The Morgan fingerprint density at radius 3 is 2.48 bits per heavy atom. The molecule has 0 unspecified atom stereocenters. The minimum Gasteiger partial charge on any atom is -0.378 e. The van der Waals surface area contributed by atoms with Crippen LogP contribution >= 0.6 is 0 Å². The Kier molecular flexibility index (Phi) is 5.82. The van der Waals surface area contributed by atoms with Crippen LogP contribution in [-0.2, 0) is 14.8 Å². The highest BCUT2D eigenvalue weighted by Crippen LogP contribution is 2.25. The van der Waals surface area contributed by atoms with E-state index in [0.717, 1.165) is 5.56 Å². The number of amides is 1. The maximum absolute atomic E-state index is 13.2. The van der Waals surface area contributed by atoms with Crippen LogP contribution in [0.2, 0.25) is 0 Å². The molecule has 144 valence electrons. The molecular weight excluding hydrogens is 364 g/mol. The smallest absolute Gasteiger partial charge is 0.264 e. The van der Waals surface area contributed by atoms with Gasteiger partial charge in [-0.2, -0.15) is 0 Å². The molecule has 1 heterocycles. The topological polar surface area (TPSA) is 66.9 Å². The molecule has 0 N–H and O–H groups in total. The maximum atomic E-state index is 13.2. The number of aryl methyl sites for hydroxylation is 1. The van der Waals surface area contributed by atoms with Gasteiger partial charge in [-0.15, -0.1) is 0 Å². The second-order valence-electron chi connectivity index (χ2n) is 6.44. The van der Waals surface area contributed by atoms with E-state index in [1.807, 2.05) is 25.1 Å². The van der Waals surface area contributed by atoms with E-state index in [1.54, 1.807) is 30.0 Å². The first-order chi connectivity index (χ1) is 12.9. The van der Waals surface area contributed by atoms with Crippen LogP contribution < -0.4 is 4.31 Å². The number of ether oxygens (including phenoxy) is 1. The fraction of sp³-hybridized carbons (Fsp3) is 0.350. The number of anilines is 1. The van der Waals surface area contributed by atoms with Gasteiger partial charge < -0.3 is 9.64 Å². The van der Waals surface area contributed by atoms with Gasteiger partial charge in [0.15, 0.2) is 0 Å². The molecule has 6 nitrogen and oxygen atoms in total. The van der Waals surface area contributed by atoms with Crippen LogP contribution in [0.25, 0.3) is 0 Å². The van der Waals surface area contributed by atoms with E-state index in [-0.39, 0.29) is 10.8 Å². The number of nitrogens with zero attached hydrogens (tertiary/aromatic N) is 2. The first kappa shape index (κ1) is 19.4. The monoisotopic (exact) mass is 388 g/mol. The van der Waals surface area contributed by atoms with Crippen LogP contribution in [0.15, 0.2) is 53.4 Å². The fourth-order valence-electron chi connectivity index (χ4n) is 3.14. The van der Waals surface area contributed by atoms with Crippen molar-refractivity contribution in [3.63, 3.8) is 0 Å². The van der Waals surface area contributed by atoms with Crippen molar-refractivity contribution in [2.45, 2.75) is 18.7 Å². The Balaban J connectivity index is 1.93. The number of carbonyl (C=O) groups excluding carboxylic acids is 1. The summed E-state index contributed by atoms with van der Waals surface area (Å²) in [6.45, 7) is 6.05. The van der Waals surface area contributed by atoms with E-state index in [1.165, 1.54) is 16.4 Å². The molecule has 1 aliphatic rings. The summed E-state index contributed by atoms with van der Waals surface area (Å²) in [5.74, 6) is -0.172. The molecule has 0 saturated carbocycles. The summed E-state index contributed by atoms with van der Waals surface area (Å²) in [5, 5.41) is 0. The standard InChI is InChI=1S/C20H24N2O4S/c1-3-22(18-8-4-6-16(2)14-18)27(24,25)19-9-5-7-17(15-19)20(23)21-10-12-26-13-11-21/h4-9,14-15H,3,10-13H2,1-2H3.